The van der Waals surface area contributed by atoms with Crippen LogP contribution in [-0.2, 0) is 6.61 Å². The maximum absolute atomic E-state index is 12.6. The Kier molecular flexibility index (Phi) is 6.85. The molecule has 4 rings (SSSR count). The van der Waals surface area contributed by atoms with Crippen LogP contribution in [0.1, 0.15) is 21.5 Å². The average molecular weight is 440 g/mol. The van der Waals surface area contributed by atoms with E-state index < -0.39 is 0 Å². The number of ether oxygens (including phenoxy) is 3. The van der Waals surface area contributed by atoms with E-state index >= 15 is 0 Å². The van der Waals surface area contributed by atoms with Crippen LogP contribution in [-0.4, -0.2) is 26.3 Å². The SMILES string of the molecule is COc1ccc(C(=O)N/N=C\c2ccccc2OCc2cccc3ccccc23)c(OC)c1. The number of carbonyl (C=O) groups excluding carboxylic acids is 1. The molecule has 4 aromatic rings. The third-order valence-corrected chi connectivity index (χ3v) is 5.21. The highest BCUT2D eigenvalue weighted by atomic mass is 16.5. The Labute approximate surface area is 192 Å². The molecule has 0 aliphatic rings. The maximum atomic E-state index is 12.6. The molecule has 0 saturated heterocycles. The summed E-state index contributed by atoms with van der Waals surface area (Å²) in [7, 11) is 3.05. The van der Waals surface area contributed by atoms with Crippen LogP contribution in [0.25, 0.3) is 10.8 Å². The van der Waals surface area contributed by atoms with Crippen molar-refractivity contribution in [3.05, 3.63) is 102 Å². The predicted octanol–water partition coefficient (Wildman–Crippen LogP) is 5.20. The largest absolute Gasteiger partial charge is 0.497 e. The van der Waals surface area contributed by atoms with Gasteiger partial charge in [-0.25, -0.2) is 5.43 Å². The first-order valence-electron chi connectivity index (χ1n) is 10.4. The molecule has 1 N–H and O–H groups in total. The molecule has 0 radical (unpaired) electrons. The molecule has 0 aromatic heterocycles. The third-order valence-electron chi connectivity index (χ3n) is 5.21. The van der Waals surface area contributed by atoms with Gasteiger partial charge in [-0.05, 0) is 40.6 Å². The number of hydrogen-bond acceptors (Lipinski definition) is 5. The second-order valence-electron chi connectivity index (χ2n) is 7.23. The Hall–Kier alpha value is -4.32. The number of amides is 1. The van der Waals surface area contributed by atoms with Crippen LogP contribution in [0.2, 0.25) is 0 Å². The van der Waals surface area contributed by atoms with Crippen LogP contribution in [0.5, 0.6) is 17.2 Å². The summed E-state index contributed by atoms with van der Waals surface area (Å²) in [5.41, 5.74) is 4.74. The molecule has 0 aliphatic heterocycles. The second kappa shape index (κ2) is 10.3. The fraction of sp³-hybridized carbons (Fsp3) is 0.111. The fourth-order valence-electron chi connectivity index (χ4n) is 3.50. The number of para-hydroxylation sites is 1. The molecule has 0 fully saturated rings. The Morgan fingerprint density at radius 2 is 1.67 bits per heavy atom. The van der Waals surface area contributed by atoms with E-state index in [2.05, 4.69) is 34.8 Å². The molecule has 33 heavy (non-hydrogen) atoms. The predicted molar refractivity (Wildman–Crippen MR) is 129 cm³/mol. The van der Waals surface area contributed by atoms with Crippen molar-refractivity contribution in [2.45, 2.75) is 6.61 Å². The summed E-state index contributed by atoms with van der Waals surface area (Å²) < 4.78 is 16.5. The molecule has 1 amide bonds. The number of hydrazone groups is 1. The number of methoxy groups -OCH3 is 2. The number of benzene rings is 4. The molecule has 0 aliphatic carbocycles. The van der Waals surface area contributed by atoms with Crippen molar-refractivity contribution in [3.8, 4) is 17.2 Å². The highest BCUT2D eigenvalue weighted by Gasteiger charge is 2.13. The number of fused-ring (bicyclic) bond motifs is 1. The first-order chi connectivity index (χ1) is 16.2. The number of nitrogens with one attached hydrogen (secondary N) is 1. The van der Waals surface area contributed by atoms with Crippen LogP contribution in [0, 0.1) is 0 Å². The molecule has 166 valence electrons. The minimum Gasteiger partial charge on any atom is -0.497 e. The number of nitrogens with zero attached hydrogens (tertiary/aromatic N) is 1. The summed E-state index contributed by atoms with van der Waals surface area (Å²) in [6, 6.07) is 26.9. The second-order valence-corrected chi connectivity index (χ2v) is 7.23. The van der Waals surface area contributed by atoms with Crippen LogP contribution >= 0.6 is 0 Å². The first kappa shape index (κ1) is 21.9. The molecule has 0 saturated carbocycles. The van der Waals surface area contributed by atoms with Crippen LogP contribution in [0.15, 0.2) is 90.0 Å². The minimum absolute atomic E-state index is 0.357. The highest BCUT2D eigenvalue weighted by Crippen LogP contribution is 2.25. The molecule has 6 heteroatoms. The first-order valence-corrected chi connectivity index (χ1v) is 10.4. The van der Waals surface area contributed by atoms with Gasteiger partial charge in [0, 0.05) is 11.6 Å². The quantitative estimate of drug-likeness (QED) is 0.302. The Morgan fingerprint density at radius 3 is 2.52 bits per heavy atom. The lowest BCUT2D eigenvalue weighted by atomic mass is 10.1. The van der Waals surface area contributed by atoms with Gasteiger partial charge in [0.1, 0.15) is 23.9 Å². The molecule has 0 spiro atoms. The molecule has 4 aromatic carbocycles. The number of rotatable bonds is 8. The Bertz CT molecular complexity index is 1300. The molecular weight excluding hydrogens is 416 g/mol. The van der Waals surface area contributed by atoms with Gasteiger partial charge in [0.15, 0.2) is 0 Å². The zero-order valence-electron chi connectivity index (χ0n) is 18.4. The molecule has 0 unspecified atom stereocenters. The van der Waals surface area contributed by atoms with Crippen molar-refractivity contribution in [2.24, 2.45) is 5.10 Å². The van der Waals surface area contributed by atoms with Gasteiger partial charge in [0.05, 0.1) is 26.0 Å². The lowest BCUT2D eigenvalue weighted by Crippen LogP contribution is -2.18. The molecular formula is C27H24N2O4. The molecule has 0 atom stereocenters. The van der Waals surface area contributed by atoms with E-state index in [1.54, 1.807) is 31.5 Å². The van der Waals surface area contributed by atoms with Gasteiger partial charge in [0.25, 0.3) is 5.91 Å². The van der Waals surface area contributed by atoms with Crippen molar-refractivity contribution in [1.29, 1.82) is 0 Å². The van der Waals surface area contributed by atoms with Crippen molar-refractivity contribution >= 4 is 22.9 Å². The summed E-state index contributed by atoms with van der Waals surface area (Å²) in [5, 5.41) is 6.44. The standard InChI is InChI=1S/C27H24N2O4/c1-31-22-14-15-24(26(16-22)32-2)27(30)29-28-17-20-9-4-6-13-25(20)33-18-21-11-7-10-19-8-3-5-12-23(19)21/h3-17H,18H2,1-2H3,(H,29,30)/b28-17-. The monoisotopic (exact) mass is 440 g/mol. The Balaban J connectivity index is 1.46. The lowest BCUT2D eigenvalue weighted by molar-refractivity contribution is 0.0952. The third kappa shape index (κ3) is 5.13. The van der Waals surface area contributed by atoms with Gasteiger partial charge in [-0.3, -0.25) is 4.79 Å². The number of carbonyl (C=O) groups is 1. The van der Waals surface area contributed by atoms with E-state index in [-0.39, 0.29) is 5.91 Å². The van der Waals surface area contributed by atoms with Crippen molar-refractivity contribution in [2.75, 3.05) is 14.2 Å². The highest BCUT2D eigenvalue weighted by molar-refractivity contribution is 5.97. The van der Waals surface area contributed by atoms with E-state index in [9.17, 15) is 4.79 Å². The van der Waals surface area contributed by atoms with Crippen LogP contribution < -0.4 is 19.6 Å². The fourth-order valence-corrected chi connectivity index (χ4v) is 3.50. The van der Waals surface area contributed by atoms with Gasteiger partial charge >= 0.3 is 0 Å². The van der Waals surface area contributed by atoms with E-state index in [1.807, 2.05) is 42.5 Å². The summed E-state index contributed by atoms with van der Waals surface area (Å²) in [6.07, 6.45) is 1.56. The summed E-state index contributed by atoms with van der Waals surface area (Å²) in [6.45, 7) is 0.418. The normalized spacial score (nSPS) is 10.8. The number of hydrogen-bond donors (Lipinski definition) is 1. The molecule has 0 bridgehead atoms. The summed E-state index contributed by atoms with van der Waals surface area (Å²) in [5.74, 6) is 1.29. The van der Waals surface area contributed by atoms with Gasteiger partial charge in [0.2, 0.25) is 0 Å². The molecule has 6 nitrogen and oxygen atoms in total. The van der Waals surface area contributed by atoms with E-state index in [0.29, 0.717) is 29.4 Å². The van der Waals surface area contributed by atoms with Gasteiger partial charge in [-0.2, -0.15) is 5.10 Å². The zero-order chi connectivity index (χ0) is 23.0. The zero-order valence-corrected chi connectivity index (χ0v) is 18.4. The average Bonchev–Trinajstić information content (AvgIpc) is 2.87. The minimum atomic E-state index is -0.389. The maximum Gasteiger partial charge on any atom is 0.275 e. The topological polar surface area (TPSA) is 69.2 Å². The van der Waals surface area contributed by atoms with Crippen LogP contribution in [0.4, 0.5) is 0 Å². The van der Waals surface area contributed by atoms with Crippen molar-refractivity contribution in [3.63, 3.8) is 0 Å². The van der Waals surface area contributed by atoms with Crippen molar-refractivity contribution < 1.29 is 19.0 Å². The molecule has 0 heterocycles. The Morgan fingerprint density at radius 1 is 0.879 bits per heavy atom. The van der Waals surface area contributed by atoms with Crippen LogP contribution in [0.3, 0.4) is 0 Å². The van der Waals surface area contributed by atoms with Gasteiger partial charge < -0.3 is 14.2 Å². The van der Waals surface area contributed by atoms with Gasteiger partial charge in [-0.1, -0.05) is 54.6 Å². The lowest BCUT2D eigenvalue weighted by Gasteiger charge is -2.11. The van der Waals surface area contributed by atoms with E-state index in [1.165, 1.54) is 12.5 Å². The van der Waals surface area contributed by atoms with E-state index in [0.717, 1.165) is 16.5 Å². The smallest absolute Gasteiger partial charge is 0.275 e. The van der Waals surface area contributed by atoms with Crippen molar-refractivity contribution in [1.82, 2.24) is 5.43 Å². The van der Waals surface area contributed by atoms with E-state index in [4.69, 9.17) is 14.2 Å². The summed E-state index contributed by atoms with van der Waals surface area (Å²) in [4.78, 5) is 12.6. The van der Waals surface area contributed by atoms with Gasteiger partial charge in [-0.15, -0.1) is 0 Å². The summed E-state index contributed by atoms with van der Waals surface area (Å²) >= 11 is 0.